The largest absolute Gasteiger partial charge is 0.309 e. The van der Waals surface area contributed by atoms with E-state index in [1.807, 2.05) is 6.07 Å². The van der Waals surface area contributed by atoms with Gasteiger partial charge in [0.25, 0.3) is 0 Å². The molecule has 0 amide bonds. The van der Waals surface area contributed by atoms with Gasteiger partial charge in [0, 0.05) is 21.4 Å². The number of hydrogen-bond donors (Lipinski definition) is 0. The highest BCUT2D eigenvalue weighted by molar-refractivity contribution is 6.31. The Hall–Kier alpha value is -4.07. The Balaban J connectivity index is 1.73. The van der Waals surface area contributed by atoms with Gasteiger partial charge in [0.05, 0.1) is 16.7 Å². The lowest BCUT2D eigenvalue weighted by atomic mass is 10.00. The topological polar surface area (TPSA) is 4.93 Å². The number of benzene rings is 6. The van der Waals surface area contributed by atoms with Crippen LogP contribution in [-0.4, -0.2) is 4.57 Å². The molecule has 160 valence electrons. The summed E-state index contributed by atoms with van der Waals surface area (Å²) in [5, 5.41) is 8.32. The van der Waals surface area contributed by atoms with E-state index in [2.05, 4.69) is 120 Å². The predicted molar refractivity (Wildman–Crippen MR) is 146 cm³/mol. The molecule has 0 bridgehead atoms. The van der Waals surface area contributed by atoms with Crippen LogP contribution in [0.3, 0.4) is 0 Å². The van der Waals surface area contributed by atoms with E-state index in [0.717, 1.165) is 16.3 Å². The molecule has 0 radical (unpaired) electrons. The number of hydrogen-bond acceptors (Lipinski definition) is 0. The fourth-order valence-corrected chi connectivity index (χ4v) is 5.53. The first-order chi connectivity index (χ1) is 16.8. The van der Waals surface area contributed by atoms with E-state index < -0.39 is 0 Å². The molecule has 0 fully saturated rings. The van der Waals surface area contributed by atoms with Gasteiger partial charge < -0.3 is 4.57 Å². The van der Waals surface area contributed by atoms with Crippen LogP contribution in [-0.2, 0) is 0 Å². The van der Waals surface area contributed by atoms with E-state index in [9.17, 15) is 0 Å². The third kappa shape index (κ3) is 2.81. The van der Waals surface area contributed by atoms with Crippen LogP contribution in [0.5, 0.6) is 0 Å². The summed E-state index contributed by atoms with van der Waals surface area (Å²) in [4.78, 5) is 0. The standard InChI is InChI=1S/C32H20ClN/c33-24-16-17-25(21-8-2-1-3-9-21)30(20-24)34-28-18-14-22-10-4-6-12-26(22)31(28)32-27-13-7-5-11-23(27)15-19-29(32)34/h1-20H. The van der Waals surface area contributed by atoms with Gasteiger partial charge >= 0.3 is 0 Å². The van der Waals surface area contributed by atoms with Crippen molar-refractivity contribution in [2.75, 3.05) is 0 Å². The maximum Gasteiger partial charge on any atom is 0.0555 e. The number of nitrogens with zero attached hydrogens (tertiary/aromatic N) is 1. The molecule has 0 spiro atoms. The summed E-state index contributed by atoms with van der Waals surface area (Å²) in [5.74, 6) is 0. The Morgan fingerprint density at radius 2 is 1.06 bits per heavy atom. The molecule has 2 heteroatoms. The molecule has 0 unspecified atom stereocenters. The van der Waals surface area contributed by atoms with Crippen molar-refractivity contribution in [3.63, 3.8) is 0 Å². The van der Waals surface area contributed by atoms with Gasteiger partial charge in [0.2, 0.25) is 0 Å². The molecule has 1 aromatic heterocycles. The highest BCUT2D eigenvalue weighted by Gasteiger charge is 2.19. The lowest BCUT2D eigenvalue weighted by Crippen LogP contribution is -1.97. The highest BCUT2D eigenvalue weighted by Crippen LogP contribution is 2.42. The molecule has 34 heavy (non-hydrogen) atoms. The van der Waals surface area contributed by atoms with Gasteiger partial charge in [-0.2, -0.15) is 0 Å². The average molecular weight is 454 g/mol. The zero-order valence-corrected chi connectivity index (χ0v) is 19.1. The Morgan fingerprint density at radius 3 is 1.68 bits per heavy atom. The summed E-state index contributed by atoms with van der Waals surface area (Å²) in [7, 11) is 0. The number of halogens is 1. The van der Waals surface area contributed by atoms with E-state index in [0.29, 0.717) is 0 Å². The molecule has 1 nitrogen and oxygen atoms in total. The summed E-state index contributed by atoms with van der Waals surface area (Å²) in [6.45, 7) is 0. The molecule has 0 aliphatic carbocycles. The molecule has 7 rings (SSSR count). The Labute approximate surface area is 202 Å². The molecule has 0 aliphatic rings. The van der Waals surface area contributed by atoms with Crippen molar-refractivity contribution >= 4 is 55.0 Å². The van der Waals surface area contributed by atoms with Crippen LogP contribution in [0.2, 0.25) is 5.02 Å². The third-order valence-electron chi connectivity index (χ3n) is 6.83. The van der Waals surface area contributed by atoms with Crippen LogP contribution < -0.4 is 0 Å². The summed E-state index contributed by atoms with van der Waals surface area (Å²) in [6, 6.07) is 43.0. The Morgan fingerprint density at radius 1 is 0.500 bits per heavy atom. The SMILES string of the molecule is Clc1ccc(-c2ccccc2)c(-n2c3ccc4ccccc4c3c3c4ccccc4ccc32)c1. The van der Waals surface area contributed by atoms with Crippen molar-refractivity contribution in [2.45, 2.75) is 0 Å². The zero-order valence-electron chi connectivity index (χ0n) is 18.4. The first kappa shape index (κ1) is 19.4. The van der Waals surface area contributed by atoms with Crippen molar-refractivity contribution in [2.24, 2.45) is 0 Å². The van der Waals surface area contributed by atoms with Crippen molar-refractivity contribution in [3.05, 3.63) is 126 Å². The van der Waals surface area contributed by atoms with Crippen molar-refractivity contribution in [1.82, 2.24) is 4.57 Å². The van der Waals surface area contributed by atoms with E-state index in [-0.39, 0.29) is 0 Å². The maximum atomic E-state index is 6.60. The van der Waals surface area contributed by atoms with Gasteiger partial charge in [0.1, 0.15) is 0 Å². The average Bonchev–Trinajstić information content (AvgIpc) is 3.24. The molecular weight excluding hydrogens is 434 g/mol. The number of rotatable bonds is 2. The Bertz CT molecular complexity index is 1770. The Kier molecular flexibility index (Phi) is 4.27. The molecule has 1 heterocycles. The highest BCUT2D eigenvalue weighted by atomic mass is 35.5. The van der Waals surface area contributed by atoms with Gasteiger partial charge in [-0.25, -0.2) is 0 Å². The quantitative estimate of drug-likeness (QED) is 0.245. The minimum Gasteiger partial charge on any atom is -0.309 e. The fourth-order valence-electron chi connectivity index (χ4n) is 5.36. The molecule has 7 aromatic rings. The van der Waals surface area contributed by atoms with Crippen LogP contribution in [0.25, 0.3) is 60.2 Å². The van der Waals surface area contributed by atoms with Crippen molar-refractivity contribution in [1.29, 1.82) is 0 Å². The minimum atomic E-state index is 0.728. The molecule has 0 saturated carbocycles. The van der Waals surface area contributed by atoms with Crippen molar-refractivity contribution < 1.29 is 0 Å². The van der Waals surface area contributed by atoms with Crippen LogP contribution in [0.15, 0.2) is 121 Å². The van der Waals surface area contributed by atoms with Crippen molar-refractivity contribution in [3.8, 4) is 16.8 Å². The smallest absolute Gasteiger partial charge is 0.0555 e. The van der Waals surface area contributed by atoms with E-state index in [4.69, 9.17) is 11.6 Å². The fraction of sp³-hybridized carbons (Fsp3) is 0. The number of fused-ring (bicyclic) bond motifs is 7. The number of aromatic nitrogens is 1. The second-order valence-corrected chi connectivity index (χ2v) is 9.16. The predicted octanol–water partition coefficient (Wildman–Crippen LogP) is 9.41. The first-order valence-electron chi connectivity index (χ1n) is 11.5. The molecule has 0 aliphatic heterocycles. The van der Waals surface area contributed by atoms with Crippen LogP contribution in [0.4, 0.5) is 0 Å². The first-order valence-corrected chi connectivity index (χ1v) is 11.9. The second-order valence-electron chi connectivity index (χ2n) is 8.72. The lowest BCUT2D eigenvalue weighted by molar-refractivity contribution is 1.18. The summed E-state index contributed by atoms with van der Waals surface area (Å²) < 4.78 is 2.39. The van der Waals surface area contributed by atoms with E-state index in [1.54, 1.807) is 0 Å². The molecular formula is C32H20ClN. The van der Waals surface area contributed by atoms with Gasteiger partial charge in [-0.1, -0.05) is 109 Å². The van der Waals surface area contributed by atoms with Gasteiger partial charge in [-0.3, -0.25) is 0 Å². The molecule has 0 N–H and O–H groups in total. The van der Waals surface area contributed by atoms with E-state index in [1.165, 1.54) is 48.9 Å². The van der Waals surface area contributed by atoms with E-state index >= 15 is 0 Å². The zero-order chi connectivity index (χ0) is 22.6. The van der Waals surface area contributed by atoms with Gasteiger partial charge in [-0.15, -0.1) is 0 Å². The minimum absolute atomic E-state index is 0.728. The molecule has 0 saturated heterocycles. The molecule has 0 atom stereocenters. The van der Waals surface area contributed by atoms with Crippen LogP contribution in [0.1, 0.15) is 0 Å². The summed E-state index contributed by atoms with van der Waals surface area (Å²) in [5.41, 5.74) is 5.79. The van der Waals surface area contributed by atoms with Crippen LogP contribution in [0, 0.1) is 0 Å². The summed E-state index contributed by atoms with van der Waals surface area (Å²) >= 11 is 6.60. The van der Waals surface area contributed by atoms with Crippen LogP contribution >= 0.6 is 11.6 Å². The second kappa shape index (κ2) is 7.48. The summed E-state index contributed by atoms with van der Waals surface area (Å²) in [6.07, 6.45) is 0. The molecule has 6 aromatic carbocycles. The monoisotopic (exact) mass is 453 g/mol. The normalized spacial score (nSPS) is 11.7. The lowest BCUT2D eigenvalue weighted by Gasteiger charge is -2.15. The maximum absolute atomic E-state index is 6.60. The third-order valence-corrected chi connectivity index (χ3v) is 7.07. The van der Waals surface area contributed by atoms with Gasteiger partial charge in [0.15, 0.2) is 0 Å². The van der Waals surface area contributed by atoms with Gasteiger partial charge in [-0.05, 0) is 51.4 Å².